The average molecular weight is 174 g/mol. The summed E-state index contributed by atoms with van der Waals surface area (Å²) in [7, 11) is 0. The molecule has 1 nitrogen and oxygen atoms in total. The Morgan fingerprint density at radius 2 is 1.83 bits per heavy atom. The summed E-state index contributed by atoms with van der Waals surface area (Å²) in [6.45, 7) is 0. The third kappa shape index (κ3) is 1.06. The second-order valence-electron chi connectivity index (χ2n) is 4.12. The average Bonchev–Trinajstić information content (AvgIpc) is 1.91. The first-order valence-electron chi connectivity index (χ1n) is 4.45. The Bertz CT molecular complexity index is 215. The monoisotopic (exact) mass is 174 g/mol. The van der Waals surface area contributed by atoms with Crippen LogP contribution in [-0.2, 0) is 4.79 Å². The van der Waals surface area contributed by atoms with Gasteiger partial charge in [0.25, 0.3) is 0 Å². The summed E-state index contributed by atoms with van der Waals surface area (Å²) in [5, 5.41) is 0. The van der Waals surface area contributed by atoms with Gasteiger partial charge in [0.05, 0.1) is 0 Å². The topological polar surface area (TPSA) is 17.1 Å². The number of ketones is 1. The van der Waals surface area contributed by atoms with Gasteiger partial charge in [-0.2, -0.15) is 0 Å². The van der Waals surface area contributed by atoms with Gasteiger partial charge in [0.2, 0.25) is 5.92 Å². The number of hydrogen-bond acceptors (Lipinski definition) is 1. The quantitative estimate of drug-likeness (QED) is 0.551. The molecule has 0 heterocycles. The summed E-state index contributed by atoms with van der Waals surface area (Å²) in [6.07, 6.45) is 2.70. The molecule has 2 rings (SSSR count). The number of alkyl halides is 2. The van der Waals surface area contributed by atoms with Crippen LogP contribution in [0.2, 0.25) is 0 Å². The van der Waals surface area contributed by atoms with Crippen molar-refractivity contribution in [3.63, 3.8) is 0 Å². The van der Waals surface area contributed by atoms with Gasteiger partial charge in [-0.15, -0.1) is 0 Å². The number of carbonyl (C=O) groups excluding carboxylic acids is 1. The first-order chi connectivity index (χ1) is 5.54. The second kappa shape index (κ2) is 2.27. The van der Waals surface area contributed by atoms with Crippen LogP contribution in [-0.4, -0.2) is 11.7 Å². The fraction of sp³-hybridized carbons (Fsp3) is 0.889. The third-order valence-corrected chi connectivity index (χ3v) is 3.09. The second-order valence-corrected chi connectivity index (χ2v) is 4.12. The van der Waals surface area contributed by atoms with E-state index in [0.29, 0.717) is 12.8 Å². The van der Waals surface area contributed by atoms with E-state index in [9.17, 15) is 13.6 Å². The van der Waals surface area contributed by atoms with E-state index >= 15 is 0 Å². The van der Waals surface area contributed by atoms with Crippen LogP contribution in [0.5, 0.6) is 0 Å². The van der Waals surface area contributed by atoms with Gasteiger partial charge in [0, 0.05) is 24.7 Å². The molecule has 2 saturated carbocycles. The van der Waals surface area contributed by atoms with Gasteiger partial charge in [-0.1, -0.05) is 6.42 Å². The van der Waals surface area contributed by atoms with E-state index in [0.717, 1.165) is 12.8 Å². The maximum absolute atomic E-state index is 12.6. The van der Waals surface area contributed by atoms with Gasteiger partial charge in [-0.3, -0.25) is 4.79 Å². The maximum atomic E-state index is 12.6. The Morgan fingerprint density at radius 1 is 1.17 bits per heavy atom. The molecule has 0 unspecified atom stereocenters. The Labute approximate surface area is 70.1 Å². The molecule has 0 amide bonds. The molecule has 12 heavy (non-hydrogen) atoms. The Morgan fingerprint density at radius 3 is 2.33 bits per heavy atom. The van der Waals surface area contributed by atoms with Crippen molar-refractivity contribution in [3.05, 3.63) is 0 Å². The zero-order valence-electron chi connectivity index (χ0n) is 6.91. The molecule has 0 aliphatic heterocycles. The Hall–Kier alpha value is -0.470. The van der Waals surface area contributed by atoms with Crippen LogP contribution in [0, 0.1) is 5.41 Å². The molecule has 3 heteroatoms. The summed E-state index contributed by atoms with van der Waals surface area (Å²) in [5.74, 6) is -2.47. The smallest absolute Gasteiger partial charge is 0.250 e. The lowest BCUT2D eigenvalue weighted by Gasteiger charge is -2.48. The largest absolute Gasteiger partial charge is 0.299 e. The lowest BCUT2D eigenvalue weighted by molar-refractivity contribution is -0.182. The molecule has 0 saturated heterocycles. The zero-order valence-corrected chi connectivity index (χ0v) is 6.91. The van der Waals surface area contributed by atoms with Crippen molar-refractivity contribution in [1.82, 2.24) is 0 Å². The number of rotatable bonds is 0. The van der Waals surface area contributed by atoms with Gasteiger partial charge in [0.15, 0.2) is 0 Å². The molecule has 1 spiro atoms. The van der Waals surface area contributed by atoms with Gasteiger partial charge < -0.3 is 0 Å². The number of halogens is 2. The summed E-state index contributed by atoms with van der Waals surface area (Å²) < 4.78 is 25.2. The molecular weight excluding hydrogens is 162 g/mol. The van der Waals surface area contributed by atoms with E-state index in [1.165, 1.54) is 0 Å². The van der Waals surface area contributed by atoms with E-state index in [4.69, 9.17) is 0 Å². The fourth-order valence-corrected chi connectivity index (χ4v) is 2.47. The summed E-state index contributed by atoms with van der Waals surface area (Å²) in [6, 6.07) is 0. The van der Waals surface area contributed by atoms with Crippen molar-refractivity contribution in [2.75, 3.05) is 0 Å². The maximum Gasteiger partial charge on any atom is 0.250 e. The van der Waals surface area contributed by atoms with Crippen molar-refractivity contribution in [3.8, 4) is 0 Å². The highest BCUT2D eigenvalue weighted by molar-refractivity contribution is 5.86. The van der Waals surface area contributed by atoms with Crippen LogP contribution >= 0.6 is 0 Å². The third-order valence-electron chi connectivity index (χ3n) is 3.09. The number of Topliss-reactive ketones (excluding diaryl/α,β-unsaturated/α-hetero) is 1. The van der Waals surface area contributed by atoms with Crippen LogP contribution in [0.4, 0.5) is 8.78 Å². The highest BCUT2D eigenvalue weighted by Gasteiger charge is 2.60. The molecule has 2 fully saturated rings. The highest BCUT2D eigenvalue weighted by Crippen LogP contribution is 2.57. The van der Waals surface area contributed by atoms with E-state index < -0.39 is 11.3 Å². The minimum atomic E-state index is -2.55. The predicted octanol–water partition coefficient (Wildman–Crippen LogP) is 2.55. The van der Waals surface area contributed by atoms with Gasteiger partial charge in [-0.25, -0.2) is 8.78 Å². The first-order valence-corrected chi connectivity index (χ1v) is 4.45. The van der Waals surface area contributed by atoms with Crippen LogP contribution < -0.4 is 0 Å². The molecule has 68 valence electrons. The highest BCUT2D eigenvalue weighted by atomic mass is 19.3. The first kappa shape index (κ1) is 8.14. The minimum Gasteiger partial charge on any atom is -0.299 e. The van der Waals surface area contributed by atoms with Crippen LogP contribution in [0.25, 0.3) is 0 Å². The van der Waals surface area contributed by atoms with Crippen molar-refractivity contribution < 1.29 is 13.6 Å². The molecule has 2 aliphatic rings. The van der Waals surface area contributed by atoms with Gasteiger partial charge in [0.1, 0.15) is 5.78 Å². The van der Waals surface area contributed by atoms with Crippen LogP contribution in [0.1, 0.15) is 38.5 Å². The Balaban J connectivity index is 2.08. The van der Waals surface area contributed by atoms with Crippen molar-refractivity contribution in [2.24, 2.45) is 5.41 Å². The standard InChI is InChI=1S/C9H12F2O/c10-9(11)5-8(6-9)4-2-1-3-7(8)12/h1-6H2. The van der Waals surface area contributed by atoms with Crippen LogP contribution in [0.3, 0.4) is 0 Å². The lowest BCUT2D eigenvalue weighted by Crippen LogP contribution is -2.52. The molecule has 0 bridgehead atoms. The predicted molar refractivity (Wildman–Crippen MR) is 40.1 cm³/mol. The SMILES string of the molecule is O=C1CCCCC12CC(F)(F)C2. The van der Waals surface area contributed by atoms with Crippen molar-refractivity contribution in [1.29, 1.82) is 0 Å². The summed E-state index contributed by atoms with van der Waals surface area (Å²) in [4.78, 5) is 11.4. The number of carbonyl (C=O) groups is 1. The van der Waals surface area contributed by atoms with E-state index in [1.807, 2.05) is 0 Å². The molecule has 0 aromatic rings. The zero-order chi connectivity index (χ0) is 8.82. The van der Waals surface area contributed by atoms with E-state index in [2.05, 4.69) is 0 Å². The molecule has 0 N–H and O–H groups in total. The van der Waals surface area contributed by atoms with Crippen molar-refractivity contribution in [2.45, 2.75) is 44.4 Å². The molecule has 0 atom stereocenters. The summed E-state index contributed by atoms with van der Waals surface area (Å²) in [5.41, 5.74) is -0.595. The molecule has 0 radical (unpaired) electrons. The molecule has 2 aliphatic carbocycles. The Kier molecular flexibility index (Phi) is 1.54. The lowest BCUT2D eigenvalue weighted by atomic mass is 9.58. The van der Waals surface area contributed by atoms with Crippen molar-refractivity contribution >= 4 is 5.78 Å². The van der Waals surface area contributed by atoms with Crippen LogP contribution in [0.15, 0.2) is 0 Å². The minimum absolute atomic E-state index is 0.0830. The van der Waals surface area contributed by atoms with E-state index in [-0.39, 0.29) is 18.6 Å². The number of hydrogen-bond donors (Lipinski definition) is 0. The molecule has 0 aromatic heterocycles. The van der Waals surface area contributed by atoms with Gasteiger partial charge >= 0.3 is 0 Å². The molecular formula is C9H12F2O. The fourth-order valence-electron chi connectivity index (χ4n) is 2.47. The molecule has 0 aromatic carbocycles. The van der Waals surface area contributed by atoms with E-state index in [1.54, 1.807) is 0 Å². The normalized spacial score (nSPS) is 31.7. The van der Waals surface area contributed by atoms with Gasteiger partial charge in [-0.05, 0) is 12.8 Å². The summed E-state index contributed by atoms with van der Waals surface area (Å²) >= 11 is 0.